The summed E-state index contributed by atoms with van der Waals surface area (Å²) in [5.41, 5.74) is 7.31. The van der Waals surface area contributed by atoms with Gasteiger partial charge in [-0.25, -0.2) is 0 Å². The van der Waals surface area contributed by atoms with E-state index in [1.54, 1.807) is 19.3 Å². The Bertz CT molecular complexity index is 933. The number of aromatic nitrogens is 3. The lowest BCUT2D eigenvalue weighted by Crippen LogP contribution is -2.31. The van der Waals surface area contributed by atoms with Crippen LogP contribution in [0, 0.1) is 12.8 Å². The van der Waals surface area contributed by atoms with Crippen molar-refractivity contribution in [3.05, 3.63) is 34.6 Å². The van der Waals surface area contributed by atoms with Gasteiger partial charge in [-0.2, -0.15) is 0 Å². The number of hydrogen-bond acceptors (Lipinski definition) is 5. The molecular weight excluding hydrogens is 419 g/mol. The first-order valence-corrected chi connectivity index (χ1v) is 8.15. The van der Waals surface area contributed by atoms with Crippen LogP contribution in [-0.4, -0.2) is 21.3 Å². The number of aryl methyl sites for hydroxylation is 1. The average Bonchev–Trinajstić information content (AvgIpc) is 2.98. The number of nitrogens with two attached hydrogens (primary N) is 1. The summed E-state index contributed by atoms with van der Waals surface area (Å²) >= 11 is 0. The van der Waals surface area contributed by atoms with E-state index in [1.165, 1.54) is 0 Å². The van der Waals surface area contributed by atoms with Crippen LogP contribution in [0.3, 0.4) is 0 Å². The Morgan fingerprint density at radius 2 is 2.25 bits per heavy atom. The largest absolute Gasteiger partial charge is 0.360 e. The molecule has 1 aliphatic rings. The third-order valence-corrected chi connectivity index (χ3v) is 5.06. The van der Waals surface area contributed by atoms with Crippen LogP contribution in [0.25, 0.3) is 21.8 Å². The van der Waals surface area contributed by atoms with Gasteiger partial charge in [0.05, 0.1) is 11.7 Å². The second kappa shape index (κ2) is 6.79. The SMILES string of the molecule is Cc1onc2c1c(=O)n(C1CCCC(CN)C1)c1cnccc21.I. The van der Waals surface area contributed by atoms with E-state index in [2.05, 4.69) is 10.1 Å². The summed E-state index contributed by atoms with van der Waals surface area (Å²) in [7, 11) is 0. The topological polar surface area (TPSA) is 86.9 Å². The van der Waals surface area contributed by atoms with Gasteiger partial charge < -0.3 is 14.8 Å². The smallest absolute Gasteiger partial charge is 0.264 e. The Labute approximate surface area is 156 Å². The highest BCUT2D eigenvalue weighted by molar-refractivity contribution is 14.0. The minimum atomic E-state index is -0.0260. The van der Waals surface area contributed by atoms with Gasteiger partial charge in [0.25, 0.3) is 5.56 Å². The molecule has 4 rings (SSSR count). The van der Waals surface area contributed by atoms with E-state index in [1.807, 2.05) is 10.6 Å². The maximum Gasteiger partial charge on any atom is 0.264 e. The van der Waals surface area contributed by atoms with Gasteiger partial charge in [-0.05, 0) is 44.7 Å². The first-order chi connectivity index (χ1) is 11.2. The zero-order valence-electron chi connectivity index (χ0n) is 13.6. The van der Waals surface area contributed by atoms with Gasteiger partial charge in [0.15, 0.2) is 0 Å². The Morgan fingerprint density at radius 3 is 3.04 bits per heavy atom. The standard InChI is InChI=1S/C17H20N4O2.HI/c1-10-15-16(20-23-10)13-5-6-19-9-14(13)21(17(15)22)12-4-2-3-11(7-12)8-18;/h5-6,9,11-12H,2-4,7-8,18H2,1H3;1H. The highest BCUT2D eigenvalue weighted by Crippen LogP contribution is 2.34. The van der Waals surface area contributed by atoms with Crippen molar-refractivity contribution in [1.82, 2.24) is 14.7 Å². The molecule has 7 heteroatoms. The fourth-order valence-electron chi connectivity index (χ4n) is 3.89. The summed E-state index contributed by atoms with van der Waals surface area (Å²) < 4.78 is 7.18. The maximum atomic E-state index is 13.1. The summed E-state index contributed by atoms with van der Waals surface area (Å²) in [5.74, 6) is 1.05. The van der Waals surface area contributed by atoms with E-state index in [4.69, 9.17) is 10.3 Å². The minimum absolute atomic E-state index is 0. The third-order valence-electron chi connectivity index (χ3n) is 5.06. The summed E-state index contributed by atoms with van der Waals surface area (Å²) in [5, 5.41) is 5.59. The quantitative estimate of drug-likeness (QED) is 0.619. The van der Waals surface area contributed by atoms with E-state index in [-0.39, 0.29) is 35.6 Å². The van der Waals surface area contributed by atoms with Crippen molar-refractivity contribution < 1.29 is 4.52 Å². The predicted octanol–water partition coefficient (Wildman–Crippen LogP) is 3.15. The number of nitrogens with zero attached hydrogens (tertiary/aromatic N) is 3. The van der Waals surface area contributed by atoms with Gasteiger partial charge in [0, 0.05) is 17.6 Å². The Morgan fingerprint density at radius 1 is 1.42 bits per heavy atom. The molecule has 0 saturated heterocycles. The highest BCUT2D eigenvalue weighted by atomic mass is 127. The molecule has 1 saturated carbocycles. The second-order valence-electron chi connectivity index (χ2n) is 6.45. The normalized spacial score (nSPS) is 21.1. The molecule has 0 radical (unpaired) electrons. The molecule has 0 amide bonds. The number of rotatable bonds is 2. The Balaban J connectivity index is 0.00000169. The average molecular weight is 440 g/mol. The highest BCUT2D eigenvalue weighted by Gasteiger charge is 2.26. The lowest BCUT2D eigenvalue weighted by atomic mass is 9.85. The fraction of sp³-hybridized carbons (Fsp3) is 0.471. The van der Waals surface area contributed by atoms with Crippen molar-refractivity contribution in [3.8, 4) is 0 Å². The summed E-state index contributed by atoms with van der Waals surface area (Å²) in [4.78, 5) is 17.3. The van der Waals surface area contributed by atoms with E-state index in [0.29, 0.717) is 29.1 Å². The second-order valence-corrected chi connectivity index (χ2v) is 6.45. The van der Waals surface area contributed by atoms with Crippen LogP contribution in [0.15, 0.2) is 27.8 Å². The molecule has 0 aromatic carbocycles. The van der Waals surface area contributed by atoms with Crippen LogP contribution in [0.1, 0.15) is 37.5 Å². The molecule has 2 unspecified atom stereocenters. The van der Waals surface area contributed by atoms with Gasteiger partial charge in [-0.3, -0.25) is 9.78 Å². The van der Waals surface area contributed by atoms with Gasteiger partial charge >= 0.3 is 0 Å². The Kier molecular flexibility index (Phi) is 4.91. The van der Waals surface area contributed by atoms with Gasteiger partial charge in [0.2, 0.25) is 0 Å². The first kappa shape index (κ1) is 17.3. The van der Waals surface area contributed by atoms with Crippen molar-refractivity contribution >= 4 is 45.8 Å². The molecule has 3 aromatic rings. The van der Waals surface area contributed by atoms with E-state index in [9.17, 15) is 4.79 Å². The molecule has 1 aliphatic carbocycles. The number of halogens is 1. The van der Waals surface area contributed by atoms with E-state index in [0.717, 1.165) is 36.6 Å². The lowest BCUT2D eigenvalue weighted by molar-refractivity contribution is 0.273. The predicted molar refractivity (Wildman–Crippen MR) is 104 cm³/mol. The molecule has 3 heterocycles. The van der Waals surface area contributed by atoms with Crippen molar-refractivity contribution in [2.75, 3.05) is 6.54 Å². The fourth-order valence-corrected chi connectivity index (χ4v) is 3.89. The molecule has 2 atom stereocenters. The summed E-state index contributed by atoms with van der Waals surface area (Å²) in [6.45, 7) is 2.47. The molecule has 128 valence electrons. The molecule has 0 aliphatic heterocycles. The Hall–Kier alpha value is -1.48. The lowest BCUT2D eigenvalue weighted by Gasteiger charge is -2.30. The monoisotopic (exact) mass is 440 g/mol. The van der Waals surface area contributed by atoms with Crippen LogP contribution in [0.2, 0.25) is 0 Å². The molecule has 1 fully saturated rings. The maximum absolute atomic E-state index is 13.1. The minimum Gasteiger partial charge on any atom is -0.360 e. The van der Waals surface area contributed by atoms with Crippen LogP contribution in [0.4, 0.5) is 0 Å². The van der Waals surface area contributed by atoms with Gasteiger partial charge in [-0.15, -0.1) is 24.0 Å². The molecule has 24 heavy (non-hydrogen) atoms. The molecule has 2 N–H and O–H groups in total. The zero-order chi connectivity index (χ0) is 16.0. The van der Waals surface area contributed by atoms with Crippen molar-refractivity contribution in [3.63, 3.8) is 0 Å². The number of fused-ring (bicyclic) bond motifs is 3. The zero-order valence-corrected chi connectivity index (χ0v) is 15.9. The molecule has 3 aromatic heterocycles. The molecular formula is C17H21IN4O2. The van der Waals surface area contributed by atoms with E-state index >= 15 is 0 Å². The van der Waals surface area contributed by atoms with Gasteiger partial charge in [0.1, 0.15) is 16.7 Å². The van der Waals surface area contributed by atoms with Gasteiger partial charge in [-0.1, -0.05) is 11.6 Å². The van der Waals surface area contributed by atoms with Crippen molar-refractivity contribution in [2.24, 2.45) is 11.7 Å². The summed E-state index contributed by atoms with van der Waals surface area (Å²) in [6, 6.07) is 2.06. The third kappa shape index (κ3) is 2.63. The van der Waals surface area contributed by atoms with E-state index < -0.39 is 0 Å². The van der Waals surface area contributed by atoms with Crippen LogP contribution < -0.4 is 11.3 Å². The van der Waals surface area contributed by atoms with Crippen molar-refractivity contribution in [1.29, 1.82) is 0 Å². The first-order valence-electron chi connectivity index (χ1n) is 8.15. The van der Waals surface area contributed by atoms with Crippen LogP contribution >= 0.6 is 24.0 Å². The van der Waals surface area contributed by atoms with Crippen LogP contribution in [-0.2, 0) is 0 Å². The molecule has 0 spiro atoms. The van der Waals surface area contributed by atoms with Crippen molar-refractivity contribution in [2.45, 2.75) is 38.6 Å². The molecule has 6 nitrogen and oxygen atoms in total. The number of pyridine rings is 2. The summed E-state index contributed by atoms with van der Waals surface area (Å²) in [6.07, 6.45) is 7.66. The molecule has 0 bridgehead atoms. The van der Waals surface area contributed by atoms with Crippen LogP contribution in [0.5, 0.6) is 0 Å². The number of hydrogen-bond donors (Lipinski definition) is 1.